The zero-order valence-corrected chi connectivity index (χ0v) is 11.0. The van der Waals surface area contributed by atoms with Crippen molar-refractivity contribution in [1.29, 1.82) is 0 Å². The molecule has 96 valence electrons. The minimum absolute atomic E-state index is 0.282. The standard InChI is InChI=1S/C15H20N2O/c1-3-12(4-2)15(18)14-10-11-16-17(14)13-8-6-5-7-9-13/h5-12,15,18H,3-4H2,1-2H3. The number of aliphatic hydroxyl groups is 1. The van der Waals surface area contributed by atoms with E-state index in [1.54, 1.807) is 6.20 Å². The third-order valence-electron chi connectivity index (χ3n) is 3.47. The van der Waals surface area contributed by atoms with Gasteiger partial charge in [0.15, 0.2) is 0 Å². The normalized spacial score (nSPS) is 12.9. The summed E-state index contributed by atoms with van der Waals surface area (Å²) in [4.78, 5) is 0. The molecule has 2 aromatic rings. The maximum absolute atomic E-state index is 10.5. The highest BCUT2D eigenvalue weighted by Gasteiger charge is 2.21. The van der Waals surface area contributed by atoms with Crippen molar-refractivity contribution in [3.05, 3.63) is 48.3 Å². The van der Waals surface area contributed by atoms with E-state index in [0.717, 1.165) is 24.2 Å². The average Bonchev–Trinajstić information content (AvgIpc) is 2.90. The largest absolute Gasteiger partial charge is 0.387 e. The van der Waals surface area contributed by atoms with Crippen LogP contribution in [0.5, 0.6) is 0 Å². The van der Waals surface area contributed by atoms with E-state index in [-0.39, 0.29) is 5.92 Å². The highest BCUT2D eigenvalue weighted by atomic mass is 16.3. The van der Waals surface area contributed by atoms with E-state index < -0.39 is 6.10 Å². The molecule has 1 heterocycles. The molecule has 1 N–H and O–H groups in total. The molecule has 0 amide bonds. The van der Waals surface area contributed by atoms with Crippen LogP contribution in [-0.4, -0.2) is 14.9 Å². The van der Waals surface area contributed by atoms with E-state index >= 15 is 0 Å². The first kappa shape index (κ1) is 12.8. The minimum atomic E-state index is -0.456. The zero-order chi connectivity index (χ0) is 13.0. The Morgan fingerprint density at radius 2 is 1.78 bits per heavy atom. The Labute approximate surface area is 108 Å². The smallest absolute Gasteiger partial charge is 0.0989 e. The second-order valence-electron chi connectivity index (χ2n) is 4.52. The lowest BCUT2D eigenvalue weighted by Crippen LogP contribution is -2.15. The summed E-state index contributed by atoms with van der Waals surface area (Å²) in [7, 11) is 0. The molecule has 0 aliphatic heterocycles. The van der Waals surface area contributed by atoms with E-state index in [9.17, 15) is 5.11 Å². The Hall–Kier alpha value is -1.61. The van der Waals surface area contributed by atoms with E-state index in [2.05, 4.69) is 18.9 Å². The molecular weight excluding hydrogens is 224 g/mol. The Morgan fingerprint density at radius 3 is 2.39 bits per heavy atom. The molecule has 1 aromatic heterocycles. The fourth-order valence-electron chi connectivity index (χ4n) is 2.30. The Balaban J connectivity index is 2.33. The number of aromatic nitrogens is 2. The first-order valence-electron chi connectivity index (χ1n) is 6.55. The Morgan fingerprint density at radius 1 is 1.11 bits per heavy atom. The number of hydrogen-bond donors (Lipinski definition) is 1. The number of aliphatic hydroxyl groups excluding tert-OH is 1. The molecule has 3 heteroatoms. The van der Waals surface area contributed by atoms with Gasteiger partial charge < -0.3 is 5.11 Å². The fraction of sp³-hybridized carbons (Fsp3) is 0.400. The summed E-state index contributed by atoms with van der Waals surface area (Å²) in [5, 5.41) is 14.8. The summed E-state index contributed by atoms with van der Waals surface area (Å²) >= 11 is 0. The van der Waals surface area contributed by atoms with Crippen molar-refractivity contribution in [2.75, 3.05) is 0 Å². The van der Waals surface area contributed by atoms with Gasteiger partial charge in [0.25, 0.3) is 0 Å². The predicted octanol–water partition coefficient (Wildman–Crippen LogP) is 3.34. The van der Waals surface area contributed by atoms with Gasteiger partial charge in [0.2, 0.25) is 0 Å². The lowest BCUT2D eigenvalue weighted by Gasteiger charge is -2.21. The van der Waals surface area contributed by atoms with Crippen LogP contribution >= 0.6 is 0 Å². The van der Waals surface area contributed by atoms with Crippen LogP contribution in [0.2, 0.25) is 0 Å². The van der Waals surface area contributed by atoms with Crippen LogP contribution in [0.15, 0.2) is 42.6 Å². The minimum Gasteiger partial charge on any atom is -0.387 e. The van der Waals surface area contributed by atoms with Crippen LogP contribution in [0.4, 0.5) is 0 Å². The van der Waals surface area contributed by atoms with Crippen LogP contribution in [0.3, 0.4) is 0 Å². The lowest BCUT2D eigenvalue weighted by atomic mass is 9.94. The topological polar surface area (TPSA) is 38.1 Å². The molecule has 0 radical (unpaired) electrons. The first-order valence-corrected chi connectivity index (χ1v) is 6.55. The van der Waals surface area contributed by atoms with Crippen molar-refractivity contribution >= 4 is 0 Å². The number of rotatable bonds is 5. The second-order valence-corrected chi connectivity index (χ2v) is 4.52. The van der Waals surface area contributed by atoms with Crippen LogP contribution in [0, 0.1) is 5.92 Å². The number of benzene rings is 1. The highest BCUT2D eigenvalue weighted by molar-refractivity contribution is 5.32. The van der Waals surface area contributed by atoms with Crippen molar-refractivity contribution in [2.45, 2.75) is 32.8 Å². The van der Waals surface area contributed by atoms with Gasteiger partial charge in [-0.15, -0.1) is 0 Å². The van der Waals surface area contributed by atoms with Gasteiger partial charge in [-0.25, -0.2) is 4.68 Å². The van der Waals surface area contributed by atoms with Gasteiger partial charge in [0, 0.05) is 6.20 Å². The van der Waals surface area contributed by atoms with Crippen LogP contribution in [0.25, 0.3) is 5.69 Å². The zero-order valence-electron chi connectivity index (χ0n) is 11.0. The maximum Gasteiger partial charge on any atom is 0.0989 e. The molecule has 18 heavy (non-hydrogen) atoms. The molecule has 0 spiro atoms. The fourth-order valence-corrected chi connectivity index (χ4v) is 2.30. The third kappa shape index (κ3) is 2.46. The summed E-state index contributed by atoms with van der Waals surface area (Å²) in [6, 6.07) is 11.8. The molecule has 0 fully saturated rings. The molecule has 0 saturated carbocycles. The quantitative estimate of drug-likeness (QED) is 0.876. The molecule has 0 aliphatic carbocycles. The molecule has 1 aromatic carbocycles. The van der Waals surface area contributed by atoms with Crippen molar-refractivity contribution < 1.29 is 5.11 Å². The molecular formula is C15H20N2O. The van der Waals surface area contributed by atoms with Crippen LogP contribution in [0.1, 0.15) is 38.5 Å². The van der Waals surface area contributed by atoms with Crippen LogP contribution in [-0.2, 0) is 0 Å². The first-order chi connectivity index (χ1) is 8.77. The molecule has 0 bridgehead atoms. The molecule has 2 rings (SSSR count). The summed E-state index contributed by atoms with van der Waals surface area (Å²) in [6.07, 6.45) is 3.23. The average molecular weight is 244 g/mol. The lowest BCUT2D eigenvalue weighted by molar-refractivity contribution is 0.0967. The SMILES string of the molecule is CCC(CC)C(O)c1ccnn1-c1ccccc1. The van der Waals surface area contributed by atoms with Crippen LogP contribution < -0.4 is 0 Å². The van der Waals surface area contributed by atoms with Crippen molar-refractivity contribution in [2.24, 2.45) is 5.92 Å². The van der Waals surface area contributed by atoms with Gasteiger partial charge in [0.05, 0.1) is 17.5 Å². The van der Waals surface area contributed by atoms with Gasteiger partial charge in [0.1, 0.15) is 0 Å². The molecule has 3 nitrogen and oxygen atoms in total. The van der Waals surface area contributed by atoms with Crippen molar-refractivity contribution in [3.8, 4) is 5.69 Å². The summed E-state index contributed by atoms with van der Waals surface area (Å²) < 4.78 is 1.82. The number of nitrogens with zero attached hydrogens (tertiary/aromatic N) is 2. The summed E-state index contributed by atoms with van der Waals surface area (Å²) in [5.41, 5.74) is 1.86. The molecule has 0 aliphatic rings. The van der Waals surface area contributed by atoms with E-state index in [4.69, 9.17) is 0 Å². The van der Waals surface area contributed by atoms with Gasteiger partial charge in [-0.2, -0.15) is 5.10 Å². The monoisotopic (exact) mass is 244 g/mol. The maximum atomic E-state index is 10.5. The Bertz CT molecular complexity index is 474. The second kappa shape index (κ2) is 5.83. The van der Waals surface area contributed by atoms with Gasteiger partial charge in [-0.1, -0.05) is 44.9 Å². The number of hydrogen-bond acceptors (Lipinski definition) is 2. The van der Waals surface area contributed by atoms with Gasteiger partial charge in [-0.3, -0.25) is 0 Å². The number of para-hydroxylation sites is 1. The molecule has 1 atom stereocenters. The summed E-state index contributed by atoms with van der Waals surface area (Å²) in [5.74, 6) is 0.282. The van der Waals surface area contributed by atoms with E-state index in [0.29, 0.717) is 0 Å². The molecule has 0 saturated heterocycles. The highest BCUT2D eigenvalue weighted by Crippen LogP contribution is 2.28. The summed E-state index contributed by atoms with van der Waals surface area (Å²) in [6.45, 7) is 4.22. The Kier molecular flexibility index (Phi) is 4.15. The third-order valence-corrected chi connectivity index (χ3v) is 3.47. The van der Waals surface area contributed by atoms with E-state index in [1.807, 2.05) is 41.1 Å². The van der Waals surface area contributed by atoms with E-state index in [1.165, 1.54) is 0 Å². The van der Waals surface area contributed by atoms with Crippen molar-refractivity contribution in [3.63, 3.8) is 0 Å². The molecule has 1 unspecified atom stereocenters. The van der Waals surface area contributed by atoms with Gasteiger partial charge >= 0.3 is 0 Å². The predicted molar refractivity (Wildman–Crippen MR) is 72.6 cm³/mol. The van der Waals surface area contributed by atoms with Crippen molar-refractivity contribution in [1.82, 2.24) is 9.78 Å². The van der Waals surface area contributed by atoms with Gasteiger partial charge in [-0.05, 0) is 24.1 Å².